The molecule has 0 radical (unpaired) electrons. The van der Waals surface area contributed by atoms with E-state index < -0.39 is 5.54 Å². The van der Waals surface area contributed by atoms with Crippen LogP contribution in [-0.2, 0) is 5.54 Å². The van der Waals surface area contributed by atoms with Gasteiger partial charge in [0.1, 0.15) is 5.82 Å². The number of halogens is 1. The van der Waals surface area contributed by atoms with E-state index in [1.54, 1.807) is 24.5 Å². The second-order valence-corrected chi connectivity index (χ2v) is 5.43. The Kier molecular flexibility index (Phi) is 3.60. The number of nitrogens with zero attached hydrogens (tertiary/aromatic N) is 2. The third-order valence-electron chi connectivity index (χ3n) is 3.97. The molecule has 0 unspecified atom stereocenters. The minimum Gasteiger partial charge on any atom is -0.326 e. The van der Waals surface area contributed by atoms with Crippen LogP contribution >= 0.6 is 0 Å². The topological polar surface area (TPSA) is 77.8 Å². The first kappa shape index (κ1) is 14.6. The van der Waals surface area contributed by atoms with Crippen LogP contribution < -0.4 is 11.5 Å². The fourth-order valence-electron chi connectivity index (χ4n) is 2.60. The lowest BCUT2D eigenvalue weighted by molar-refractivity contribution is 0.444. The van der Waals surface area contributed by atoms with Crippen molar-refractivity contribution in [2.75, 3.05) is 0 Å². The lowest BCUT2D eigenvalue weighted by atomic mass is 9.79. The van der Waals surface area contributed by atoms with Gasteiger partial charge in [-0.15, -0.1) is 0 Å². The van der Waals surface area contributed by atoms with E-state index in [1.807, 2.05) is 25.1 Å². The SMILES string of the molecule is C[C@H](N)[C@@](N)(c1ccc(F)cc1)c1cnc2cccnc2c1. The van der Waals surface area contributed by atoms with Crippen molar-refractivity contribution >= 4 is 11.0 Å². The van der Waals surface area contributed by atoms with E-state index in [1.165, 1.54) is 12.1 Å². The first-order valence-electron chi connectivity index (χ1n) is 7.03. The van der Waals surface area contributed by atoms with Gasteiger partial charge in [-0.3, -0.25) is 9.97 Å². The number of hydrogen-bond acceptors (Lipinski definition) is 4. The zero-order valence-electron chi connectivity index (χ0n) is 12.2. The molecule has 0 spiro atoms. The Morgan fingerprint density at radius 2 is 1.77 bits per heavy atom. The van der Waals surface area contributed by atoms with Gasteiger partial charge in [-0.1, -0.05) is 12.1 Å². The van der Waals surface area contributed by atoms with Crippen LogP contribution in [0.1, 0.15) is 18.1 Å². The summed E-state index contributed by atoms with van der Waals surface area (Å²) in [6.45, 7) is 1.83. The van der Waals surface area contributed by atoms with Gasteiger partial charge in [0.15, 0.2) is 0 Å². The fraction of sp³-hybridized carbons (Fsp3) is 0.176. The minimum atomic E-state index is -0.966. The van der Waals surface area contributed by atoms with Gasteiger partial charge < -0.3 is 11.5 Å². The molecule has 112 valence electrons. The monoisotopic (exact) mass is 296 g/mol. The smallest absolute Gasteiger partial charge is 0.123 e. The van der Waals surface area contributed by atoms with Gasteiger partial charge in [0.05, 0.1) is 16.6 Å². The minimum absolute atomic E-state index is 0.311. The predicted molar refractivity (Wildman–Crippen MR) is 84.6 cm³/mol. The number of hydrogen-bond donors (Lipinski definition) is 2. The van der Waals surface area contributed by atoms with Crippen LogP contribution in [-0.4, -0.2) is 16.0 Å². The fourth-order valence-corrected chi connectivity index (χ4v) is 2.60. The normalized spacial score (nSPS) is 15.5. The number of pyridine rings is 2. The van der Waals surface area contributed by atoms with E-state index in [-0.39, 0.29) is 11.9 Å². The van der Waals surface area contributed by atoms with Gasteiger partial charge in [-0.05, 0) is 48.4 Å². The van der Waals surface area contributed by atoms with Crippen molar-refractivity contribution in [2.24, 2.45) is 11.5 Å². The van der Waals surface area contributed by atoms with Crippen molar-refractivity contribution in [3.8, 4) is 0 Å². The molecule has 0 aliphatic carbocycles. The van der Waals surface area contributed by atoms with Crippen molar-refractivity contribution in [3.05, 3.63) is 71.8 Å². The van der Waals surface area contributed by atoms with Gasteiger partial charge in [0.2, 0.25) is 0 Å². The van der Waals surface area contributed by atoms with Crippen LogP contribution in [0.4, 0.5) is 4.39 Å². The number of nitrogens with two attached hydrogens (primary N) is 2. The molecule has 2 heterocycles. The Morgan fingerprint density at radius 3 is 2.45 bits per heavy atom. The van der Waals surface area contributed by atoms with Crippen LogP contribution in [0.5, 0.6) is 0 Å². The molecule has 5 heteroatoms. The van der Waals surface area contributed by atoms with Gasteiger partial charge in [-0.2, -0.15) is 0 Å². The number of aromatic nitrogens is 2. The molecule has 1 aromatic carbocycles. The maximum Gasteiger partial charge on any atom is 0.123 e. The standard InChI is InChI=1S/C17H17FN4/c1-11(19)17(20,12-4-6-14(18)7-5-12)13-9-16-15(22-10-13)3-2-8-21-16/h2-11H,19-20H2,1H3/t11-,17+/m0/s1. The van der Waals surface area contributed by atoms with Crippen LogP contribution in [0.2, 0.25) is 0 Å². The molecule has 0 aliphatic rings. The molecule has 0 saturated heterocycles. The predicted octanol–water partition coefficient (Wildman–Crippen LogP) is 2.32. The summed E-state index contributed by atoms with van der Waals surface area (Å²) in [5, 5.41) is 0. The van der Waals surface area contributed by atoms with Gasteiger partial charge in [0.25, 0.3) is 0 Å². The van der Waals surface area contributed by atoms with Crippen molar-refractivity contribution in [2.45, 2.75) is 18.5 Å². The molecular weight excluding hydrogens is 279 g/mol. The summed E-state index contributed by atoms with van der Waals surface area (Å²) in [5.74, 6) is -0.311. The number of rotatable bonds is 3. The highest BCUT2D eigenvalue weighted by Crippen LogP contribution is 2.30. The molecule has 3 aromatic rings. The second kappa shape index (κ2) is 5.44. The maximum absolute atomic E-state index is 13.2. The molecule has 4 nitrogen and oxygen atoms in total. The number of benzene rings is 1. The van der Waals surface area contributed by atoms with E-state index in [0.717, 1.165) is 22.2 Å². The van der Waals surface area contributed by atoms with Crippen LogP contribution in [0.3, 0.4) is 0 Å². The lowest BCUT2D eigenvalue weighted by Crippen LogP contribution is -2.51. The first-order chi connectivity index (χ1) is 10.5. The zero-order valence-corrected chi connectivity index (χ0v) is 12.2. The Morgan fingerprint density at radius 1 is 1.05 bits per heavy atom. The maximum atomic E-state index is 13.2. The zero-order chi connectivity index (χ0) is 15.7. The average Bonchev–Trinajstić information content (AvgIpc) is 2.54. The summed E-state index contributed by atoms with van der Waals surface area (Å²) in [6.07, 6.45) is 3.41. The second-order valence-electron chi connectivity index (χ2n) is 5.43. The Bertz CT molecular complexity index is 801. The molecule has 0 fully saturated rings. The van der Waals surface area contributed by atoms with Crippen molar-refractivity contribution in [1.82, 2.24) is 9.97 Å². The molecule has 22 heavy (non-hydrogen) atoms. The molecule has 2 atom stereocenters. The van der Waals surface area contributed by atoms with E-state index in [2.05, 4.69) is 9.97 Å². The molecule has 3 rings (SSSR count). The summed E-state index contributed by atoms with van der Waals surface area (Å²) in [5.41, 5.74) is 14.8. The first-order valence-corrected chi connectivity index (χ1v) is 7.03. The molecule has 2 aromatic heterocycles. The van der Waals surface area contributed by atoms with Crippen molar-refractivity contribution in [1.29, 1.82) is 0 Å². The molecule has 0 amide bonds. The van der Waals surface area contributed by atoms with E-state index >= 15 is 0 Å². The van der Waals surface area contributed by atoms with Crippen molar-refractivity contribution in [3.63, 3.8) is 0 Å². The Balaban J connectivity index is 2.18. The Labute approximate surface area is 128 Å². The number of fused-ring (bicyclic) bond motifs is 1. The quantitative estimate of drug-likeness (QED) is 0.777. The third-order valence-corrected chi connectivity index (χ3v) is 3.97. The molecule has 4 N–H and O–H groups in total. The third kappa shape index (κ3) is 2.34. The largest absolute Gasteiger partial charge is 0.326 e. The summed E-state index contributed by atoms with van der Waals surface area (Å²) in [6, 6.07) is 11.3. The highest BCUT2D eigenvalue weighted by atomic mass is 19.1. The molecule has 0 aliphatic heterocycles. The Hall–Kier alpha value is -2.37. The van der Waals surface area contributed by atoms with Crippen LogP contribution in [0.15, 0.2) is 54.9 Å². The highest BCUT2D eigenvalue weighted by Gasteiger charge is 2.34. The molecule has 0 bridgehead atoms. The summed E-state index contributed by atoms with van der Waals surface area (Å²) < 4.78 is 13.2. The van der Waals surface area contributed by atoms with Crippen LogP contribution in [0, 0.1) is 5.82 Å². The van der Waals surface area contributed by atoms with E-state index in [4.69, 9.17) is 11.5 Å². The highest BCUT2D eigenvalue weighted by molar-refractivity contribution is 5.74. The average molecular weight is 296 g/mol. The summed E-state index contributed by atoms with van der Waals surface area (Å²) in [7, 11) is 0. The van der Waals surface area contributed by atoms with Gasteiger partial charge in [-0.25, -0.2) is 4.39 Å². The van der Waals surface area contributed by atoms with Gasteiger partial charge in [0, 0.05) is 18.4 Å². The van der Waals surface area contributed by atoms with E-state index in [9.17, 15) is 4.39 Å². The summed E-state index contributed by atoms with van der Waals surface area (Å²) in [4.78, 5) is 8.70. The lowest BCUT2D eigenvalue weighted by Gasteiger charge is -2.34. The van der Waals surface area contributed by atoms with Crippen molar-refractivity contribution < 1.29 is 4.39 Å². The van der Waals surface area contributed by atoms with E-state index in [0.29, 0.717) is 0 Å². The van der Waals surface area contributed by atoms with Crippen LogP contribution in [0.25, 0.3) is 11.0 Å². The molecule has 0 saturated carbocycles. The summed E-state index contributed by atoms with van der Waals surface area (Å²) >= 11 is 0. The van der Waals surface area contributed by atoms with Gasteiger partial charge >= 0.3 is 0 Å². The molecular formula is C17H17FN4.